The van der Waals surface area contributed by atoms with Gasteiger partial charge in [-0.25, -0.2) is 0 Å². The highest BCUT2D eigenvalue weighted by Crippen LogP contribution is 2.18. The predicted molar refractivity (Wildman–Crippen MR) is 72.9 cm³/mol. The second-order valence-electron chi connectivity index (χ2n) is 5.49. The molecule has 1 aliphatic heterocycles. The van der Waals surface area contributed by atoms with Gasteiger partial charge in [-0.2, -0.15) is 0 Å². The van der Waals surface area contributed by atoms with Crippen LogP contribution in [0.25, 0.3) is 0 Å². The number of unbranched alkanes of at least 4 members (excludes halogenated alkanes) is 10. The summed E-state index contributed by atoms with van der Waals surface area (Å²) in [5.74, 6) is 0. The molecule has 0 aromatic carbocycles. The van der Waals surface area contributed by atoms with Crippen molar-refractivity contribution in [3.63, 3.8) is 0 Å². The van der Waals surface area contributed by atoms with Gasteiger partial charge in [0, 0.05) is 0 Å². The standard InChI is InChI=1S/C15H31NO.ClH/c16-13-11-9-7-5-3-1-2-4-6-8-10-12-15-14-17-15;/h15H,1-14,16H2;1H. The monoisotopic (exact) mass is 277 g/mol. The minimum absolute atomic E-state index is 0. The average molecular weight is 278 g/mol. The highest BCUT2D eigenvalue weighted by Gasteiger charge is 2.20. The molecule has 0 aromatic heterocycles. The Balaban J connectivity index is 0.00000289. The summed E-state index contributed by atoms with van der Waals surface area (Å²) in [6.07, 6.45) is 17.6. The van der Waals surface area contributed by atoms with Gasteiger partial charge in [-0.1, -0.05) is 57.8 Å². The van der Waals surface area contributed by atoms with Crippen molar-refractivity contribution in [2.75, 3.05) is 13.2 Å². The van der Waals surface area contributed by atoms with Gasteiger partial charge in [-0.05, 0) is 19.3 Å². The van der Waals surface area contributed by atoms with Crippen molar-refractivity contribution in [2.45, 2.75) is 83.2 Å². The second-order valence-corrected chi connectivity index (χ2v) is 5.49. The molecule has 1 heterocycles. The maximum Gasteiger partial charge on any atom is 0.0810 e. The van der Waals surface area contributed by atoms with E-state index in [1.54, 1.807) is 0 Å². The van der Waals surface area contributed by atoms with E-state index in [1.165, 1.54) is 77.0 Å². The number of halogens is 1. The molecule has 1 unspecified atom stereocenters. The first-order valence-electron chi connectivity index (χ1n) is 7.84. The molecular weight excluding hydrogens is 246 g/mol. The number of ether oxygens (including phenoxy) is 1. The zero-order valence-electron chi connectivity index (χ0n) is 12.0. The quantitative estimate of drug-likeness (QED) is 0.382. The van der Waals surface area contributed by atoms with Gasteiger partial charge in [0.05, 0.1) is 19.3 Å². The van der Waals surface area contributed by atoms with Gasteiger partial charge in [0.25, 0.3) is 0 Å². The van der Waals surface area contributed by atoms with E-state index in [-0.39, 0.29) is 12.4 Å². The van der Waals surface area contributed by atoms with Crippen LogP contribution in [0.4, 0.5) is 0 Å². The summed E-state index contributed by atoms with van der Waals surface area (Å²) in [7, 11) is 0. The Morgan fingerprint density at radius 2 is 1.11 bits per heavy atom. The lowest BCUT2D eigenvalue weighted by Gasteiger charge is -2.02. The van der Waals surface area contributed by atoms with Crippen LogP contribution in [0.1, 0.15) is 77.0 Å². The third kappa shape index (κ3) is 12.7. The largest absolute Gasteiger partial charge is 1.00 e. The van der Waals surface area contributed by atoms with E-state index in [0.717, 1.165) is 13.2 Å². The fraction of sp³-hybridized carbons (Fsp3) is 1.00. The smallest absolute Gasteiger partial charge is 0.0810 e. The van der Waals surface area contributed by atoms with E-state index in [9.17, 15) is 0 Å². The Hall–Kier alpha value is 0.210. The second kappa shape index (κ2) is 13.6. The van der Waals surface area contributed by atoms with Gasteiger partial charge >= 0.3 is 0 Å². The Morgan fingerprint density at radius 1 is 0.722 bits per heavy atom. The molecule has 0 bridgehead atoms. The van der Waals surface area contributed by atoms with E-state index >= 15 is 0 Å². The van der Waals surface area contributed by atoms with E-state index in [2.05, 4.69) is 5.73 Å². The fourth-order valence-corrected chi connectivity index (χ4v) is 2.37. The third-order valence-electron chi connectivity index (χ3n) is 3.68. The first-order valence-corrected chi connectivity index (χ1v) is 7.84. The van der Waals surface area contributed by atoms with Crippen molar-refractivity contribution in [2.24, 2.45) is 0 Å². The zero-order chi connectivity index (χ0) is 12.2. The SMILES string of the molecule is [Cl-].[NH3+]CCCCCCCCCCCCCC1CO1. The molecule has 0 amide bonds. The molecule has 1 atom stereocenters. The molecule has 2 nitrogen and oxygen atoms in total. The number of hydrogen-bond acceptors (Lipinski definition) is 1. The molecule has 3 N–H and O–H groups in total. The summed E-state index contributed by atoms with van der Waals surface area (Å²) in [5.41, 5.74) is 3.88. The molecule has 1 aliphatic rings. The van der Waals surface area contributed by atoms with Crippen LogP contribution in [0.3, 0.4) is 0 Å². The summed E-state index contributed by atoms with van der Waals surface area (Å²) in [4.78, 5) is 0. The molecule has 0 radical (unpaired) electrons. The minimum atomic E-state index is 0. The van der Waals surface area contributed by atoms with Gasteiger partial charge in [-0.15, -0.1) is 0 Å². The lowest BCUT2D eigenvalue weighted by atomic mass is 10.0. The highest BCUT2D eigenvalue weighted by atomic mass is 35.5. The van der Waals surface area contributed by atoms with Crippen LogP contribution in [0.15, 0.2) is 0 Å². The van der Waals surface area contributed by atoms with Crippen molar-refractivity contribution in [1.82, 2.24) is 0 Å². The maximum atomic E-state index is 5.20. The van der Waals surface area contributed by atoms with E-state index in [0.29, 0.717) is 6.10 Å². The number of quaternary nitrogens is 1. The van der Waals surface area contributed by atoms with Gasteiger partial charge in [0.1, 0.15) is 0 Å². The lowest BCUT2D eigenvalue weighted by Crippen LogP contribution is -3.00. The van der Waals surface area contributed by atoms with Gasteiger partial charge in [-0.3, -0.25) is 0 Å². The Kier molecular flexibility index (Phi) is 13.8. The minimum Gasteiger partial charge on any atom is -1.00 e. The molecule has 0 aromatic rings. The Morgan fingerprint density at radius 3 is 1.50 bits per heavy atom. The fourth-order valence-electron chi connectivity index (χ4n) is 2.37. The molecule has 1 saturated heterocycles. The van der Waals surface area contributed by atoms with Crippen molar-refractivity contribution in [1.29, 1.82) is 0 Å². The lowest BCUT2D eigenvalue weighted by molar-refractivity contribution is -0.368. The Labute approximate surface area is 119 Å². The van der Waals surface area contributed by atoms with Gasteiger partial charge in [0.15, 0.2) is 0 Å². The molecular formula is C15H32ClNO. The van der Waals surface area contributed by atoms with Crippen LogP contribution in [0, 0.1) is 0 Å². The van der Waals surface area contributed by atoms with Crippen LogP contribution in [0.5, 0.6) is 0 Å². The van der Waals surface area contributed by atoms with Gasteiger partial charge in [0.2, 0.25) is 0 Å². The molecule has 110 valence electrons. The summed E-state index contributed by atoms with van der Waals surface area (Å²) in [6.45, 7) is 2.15. The summed E-state index contributed by atoms with van der Waals surface area (Å²) in [6, 6.07) is 0. The van der Waals surface area contributed by atoms with Crippen LogP contribution in [0.2, 0.25) is 0 Å². The number of epoxide rings is 1. The molecule has 0 saturated carbocycles. The van der Waals surface area contributed by atoms with Crippen molar-refractivity contribution in [3.05, 3.63) is 0 Å². The van der Waals surface area contributed by atoms with Crippen LogP contribution in [-0.2, 0) is 4.74 Å². The van der Waals surface area contributed by atoms with Crippen molar-refractivity contribution < 1.29 is 22.9 Å². The van der Waals surface area contributed by atoms with Crippen LogP contribution < -0.4 is 18.1 Å². The molecule has 1 fully saturated rings. The van der Waals surface area contributed by atoms with E-state index in [1.807, 2.05) is 0 Å². The summed E-state index contributed by atoms with van der Waals surface area (Å²) < 4.78 is 5.20. The normalized spacial score (nSPS) is 17.5. The van der Waals surface area contributed by atoms with Crippen molar-refractivity contribution in [3.8, 4) is 0 Å². The first-order chi connectivity index (χ1) is 8.43. The maximum absolute atomic E-state index is 5.20. The predicted octanol–water partition coefficient (Wildman–Crippen LogP) is 0.312. The zero-order valence-corrected chi connectivity index (χ0v) is 12.7. The first kappa shape index (κ1) is 18.2. The van der Waals surface area contributed by atoms with E-state index in [4.69, 9.17) is 4.74 Å². The van der Waals surface area contributed by atoms with Gasteiger partial charge < -0.3 is 22.9 Å². The summed E-state index contributed by atoms with van der Waals surface area (Å²) >= 11 is 0. The Bertz CT molecular complexity index is 163. The van der Waals surface area contributed by atoms with E-state index < -0.39 is 0 Å². The molecule has 0 aliphatic carbocycles. The molecule has 1 rings (SSSR count). The van der Waals surface area contributed by atoms with Crippen molar-refractivity contribution >= 4 is 0 Å². The average Bonchev–Trinajstić information content (AvgIpc) is 3.15. The summed E-state index contributed by atoms with van der Waals surface area (Å²) in [5, 5.41) is 0. The number of rotatable bonds is 13. The molecule has 18 heavy (non-hydrogen) atoms. The van der Waals surface area contributed by atoms with Crippen LogP contribution >= 0.6 is 0 Å². The molecule has 3 heteroatoms. The topological polar surface area (TPSA) is 40.2 Å². The molecule has 0 spiro atoms. The number of hydrogen-bond donors (Lipinski definition) is 1. The van der Waals surface area contributed by atoms with Crippen LogP contribution in [-0.4, -0.2) is 19.3 Å². The highest BCUT2D eigenvalue weighted by molar-refractivity contribution is 4.68. The third-order valence-corrected chi connectivity index (χ3v) is 3.68.